The summed E-state index contributed by atoms with van der Waals surface area (Å²) in [5.41, 5.74) is 1.02. The van der Waals surface area contributed by atoms with Gasteiger partial charge in [0.25, 0.3) is 0 Å². The van der Waals surface area contributed by atoms with E-state index in [2.05, 4.69) is 5.32 Å². The fourth-order valence-electron chi connectivity index (χ4n) is 2.06. The molecule has 0 amide bonds. The van der Waals surface area contributed by atoms with E-state index in [-0.39, 0.29) is 11.4 Å². The molecule has 0 bridgehead atoms. The number of rotatable bonds is 5. The zero-order chi connectivity index (χ0) is 12.3. The average Bonchev–Trinajstić information content (AvgIpc) is 2.28. The third-order valence-corrected chi connectivity index (χ3v) is 3.18. The van der Waals surface area contributed by atoms with Gasteiger partial charge < -0.3 is 19.9 Å². The number of phenolic OH excluding ortho intramolecular Hbond substituents is 1. The summed E-state index contributed by atoms with van der Waals surface area (Å²) in [7, 11) is 1.74. The maximum Gasteiger partial charge on any atom is 0.161 e. The van der Waals surface area contributed by atoms with Crippen LogP contribution in [0.1, 0.15) is 12.5 Å². The van der Waals surface area contributed by atoms with Gasteiger partial charge in [-0.25, -0.2) is 0 Å². The molecule has 2 rings (SSSR count). The van der Waals surface area contributed by atoms with Gasteiger partial charge in [-0.3, -0.25) is 0 Å². The van der Waals surface area contributed by atoms with Crippen molar-refractivity contribution in [1.29, 1.82) is 0 Å². The zero-order valence-electron chi connectivity index (χ0n) is 10.3. The first-order valence-electron chi connectivity index (χ1n) is 5.90. The molecule has 4 heteroatoms. The van der Waals surface area contributed by atoms with Crippen LogP contribution in [-0.4, -0.2) is 37.5 Å². The first kappa shape index (κ1) is 12.2. The normalized spacial score (nSPS) is 17.5. The molecule has 2 N–H and O–H groups in total. The Hall–Kier alpha value is -1.26. The Labute approximate surface area is 102 Å². The number of methoxy groups -OCH3 is 1. The highest BCUT2D eigenvalue weighted by Gasteiger charge is 2.37. The number of hydrogen-bond donors (Lipinski definition) is 2. The zero-order valence-corrected chi connectivity index (χ0v) is 10.3. The maximum absolute atomic E-state index is 9.62. The quantitative estimate of drug-likeness (QED) is 0.811. The van der Waals surface area contributed by atoms with Gasteiger partial charge in [0.1, 0.15) is 0 Å². The second kappa shape index (κ2) is 4.94. The Morgan fingerprint density at radius 3 is 2.71 bits per heavy atom. The second-order valence-electron chi connectivity index (χ2n) is 4.40. The molecule has 1 fully saturated rings. The number of benzene rings is 1. The monoisotopic (exact) mass is 237 g/mol. The Balaban J connectivity index is 2.13. The molecule has 0 unspecified atom stereocenters. The van der Waals surface area contributed by atoms with E-state index in [1.807, 2.05) is 19.1 Å². The van der Waals surface area contributed by atoms with Crippen molar-refractivity contribution < 1.29 is 14.6 Å². The van der Waals surface area contributed by atoms with Crippen molar-refractivity contribution in [2.24, 2.45) is 0 Å². The summed E-state index contributed by atoms with van der Waals surface area (Å²) in [6.45, 7) is 4.19. The van der Waals surface area contributed by atoms with E-state index in [0.29, 0.717) is 12.4 Å². The average molecular weight is 237 g/mol. The van der Waals surface area contributed by atoms with E-state index >= 15 is 0 Å². The number of hydrogen-bond acceptors (Lipinski definition) is 4. The third kappa shape index (κ3) is 2.53. The van der Waals surface area contributed by atoms with Gasteiger partial charge >= 0.3 is 0 Å². The summed E-state index contributed by atoms with van der Waals surface area (Å²) >= 11 is 0. The lowest BCUT2D eigenvalue weighted by Crippen LogP contribution is -2.61. The van der Waals surface area contributed by atoms with Crippen LogP contribution in [0.2, 0.25) is 0 Å². The molecule has 1 aromatic carbocycles. The molecule has 1 aliphatic heterocycles. The molecule has 0 spiro atoms. The smallest absolute Gasteiger partial charge is 0.161 e. The van der Waals surface area contributed by atoms with Gasteiger partial charge in [-0.1, -0.05) is 6.07 Å². The van der Waals surface area contributed by atoms with Crippen molar-refractivity contribution in [3.8, 4) is 11.5 Å². The van der Waals surface area contributed by atoms with Gasteiger partial charge in [0.05, 0.1) is 12.2 Å². The van der Waals surface area contributed by atoms with Gasteiger partial charge in [-0.2, -0.15) is 0 Å². The number of phenols is 1. The molecule has 1 heterocycles. The SMILES string of the molecule is CCOc1cc(CC2(OC)CNC2)ccc1O. The predicted octanol–water partition coefficient (Wildman–Crippen LogP) is 1.32. The van der Waals surface area contributed by atoms with Crippen LogP contribution in [0.15, 0.2) is 18.2 Å². The molecule has 1 saturated heterocycles. The lowest BCUT2D eigenvalue weighted by atomic mass is 9.88. The minimum atomic E-state index is -0.0968. The van der Waals surface area contributed by atoms with Gasteiger partial charge in [0, 0.05) is 26.6 Å². The minimum absolute atomic E-state index is 0.0968. The Kier molecular flexibility index (Phi) is 3.54. The molecule has 0 atom stereocenters. The summed E-state index contributed by atoms with van der Waals surface area (Å²) in [5, 5.41) is 12.8. The van der Waals surface area contributed by atoms with Crippen LogP contribution < -0.4 is 10.1 Å². The molecule has 4 nitrogen and oxygen atoms in total. The van der Waals surface area contributed by atoms with E-state index in [4.69, 9.17) is 9.47 Å². The molecule has 1 aliphatic rings. The van der Waals surface area contributed by atoms with Crippen molar-refractivity contribution in [1.82, 2.24) is 5.32 Å². The molecule has 1 aromatic rings. The highest BCUT2D eigenvalue weighted by molar-refractivity contribution is 5.42. The van der Waals surface area contributed by atoms with Crippen LogP contribution in [-0.2, 0) is 11.2 Å². The Morgan fingerprint density at radius 1 is 1.41 bits per heavy atom. The summed E-state index contributed by atoms with van der Waals surface area (Å²) in [6.07, 6.45) is 0.830. The standard InChI is InChI=1S/C13H19NO3/c1-3-17-12-6-10(4-5-11(12)15)7-13(16-2)8-14-9-13/h4-6,14-15H,3,7-9H2,1-2H3. The van der Waals surface area contributed by atoms with E-state index in [1.54, 1.807) is 13.2 Å². The summed E-state index contributed by atoms with van der Waals surface area (Å²) in [6, 6.07) is 5.48. The predicted molar refractivity (Wildman–Crippen MR) is 65.6 cm³/mol. The van der Waals surface area contributed by atoms with Gasteiger partial charge in [0.15, 0.2) is 11.5 Å². The van der Waals surface area contributed by atoms with Gasteiger partial charge in [-0.15, -0.1) is 0 Å². The highest BCUT2D eigenvalue weighted by Crippen LogP contribution is 2.30. The van der Waals surface area contributed by atoms with E-state index in [9.17, 15) is 5.11 Å². The Bertz CT molecular complexity index is 383. The molecule has 17 heavy (non-hydrogen) atoms. The van der Waals surface area contributed by atoms with Crippen LogP contribution in [0.3, 0.4) is 0 Å². The van der Waals surface area contributed by atoms with Crippen LogP contribution in [0, 0.1) is 0 Å². The molecule has 0 saturated carbocycles. The Morgan fingerprint density at radius 2 is 2.18 bits per heavy atom. The topological polar surface area (TPSA) is 50.7 Å². The molecule has 0 aliphatic carbocycles. The van der Waals surface area contributed by atoms with Crippen LogP contribution in [0.25, 0.3) is 0 Å². The largest absolute Gasteiger partial charge is 0.504 e. The molecular weight excluding hydrogens is 218 g/mol. The fraction of sp³-hybridized carbons (Fsp3) is 0.538. The lowest BCUT2D eigenvalue weighted by molar-refractivity contribution is -0.0502. The first-order valence-corrected chi connectivity index (χ1v) is 5.90. The summed E-state index contributed by atoms with van der Waals surface area (Å²) in [4.78, 5) is 0. The number of ether oxygens (including phenoxy) is 2. The van der Waals surface area contributed by atoms with Gasteiger partial charge in [-0.05, 0) is 24.6 Å². The third-order valence-electron chi connectivity index (χ3n) is 3.18. The van der Waals surface area contributed by atoms with Crippen molar-refractivity contribution in [2.75, 3.05) is 26.8 Å². The minimum Gasteiger partial charge on any atom is -0.504 e. The summed E-state index contributed by atoms with van der Waals surface area (Å²) < 4.78 is 10.9. The lowest BCUT2D eigenvalue weighted by Gasteiger charge is -2.41. The molecule has 94 valence electrons. The fourth-order valence-corrected chi connectivity index (χ4v) is 2.06. The summed E-state index contributed by atoms with van der Waals surface area (Å²) in [5.74, 6) is 0.734. The number of aromatic hydroxyl groups is 1. The van der Waals surface area contributed by atoms with Crippen molar-refractivity contribution in [2.45, 2.75) is 18.9 Å². The van der Waals surface area contributed by atoms with Crippen LogP contribution in [0.5, 0.6) is 11.5 Å². The van der Waals surface area contributed by atoms with Crippen LogP contribution >= 0.6 is 0 Å². The second-order valence-corrected chi connectivity index (χ2v) is 4.40. The first-order chi connectivity index (χ1) is 8.19. The van der Waals surface area contributed by atoms with E-state index in [0.717, 1.165) is 25.1 Å². The number of nitrogens with one attached hydrogen (secondary N) is 1. The van der Waals surface area contributed by atoms with Crippen molar-refractivity contribution >= 4 is 0 Å². The van der Waals surface area contributed by atoms with Gasteiger partial charge in [0.2, 0.25) is 0 Å². The van der Waals surface area contributed by atoms with Crippen molar-refractivity contribution in [3.05, 3.63) is 23.8 Å². The van der Waals surface area contributed by atoms with E-state index < -0.39 is 0 Å². The van der Waals surface area contributed by atoms with Crippen molar-refractivity contribution in [3.63, 3.8) is 0 Å². The maximum atomic E-state index is 9.62. The van der Waals surface area contributed by atoms with Crippen LogP contribution in [0.4, 0.5) is 0 Å². The molecular formula is C13H19NO3. The molecule has 0 aromatic heterocycles. The molecule has 0 radical (unpaired) electrons. The van der Waals surface area contributed by atoms with E-state index in [1.165, 1.54) is 0 Å². The highest BCUT2D eigenvalue weighted by atomic mass is 16.5.